The molecule has 0 aromatic rings. The molecule has 4 rings (SSSR count). The van der Waals surface area contributed by atoms with Crippen molar-refractivity contribution < 1.29 is 20.1 Å². The van der Waals surface area contributed by atoms with Crippen molar-refractivity contribution >= 4 is 24.3 Å². The molecule has 11 heteroatoms. The van der Waals surface area contributed by atoms with Crippen LogP contribution in [-0.4, -0.2) is 87.9 Å². The van der Waals surface area contributed by atoms with Crippen molar-refractivity contribution in [3.8, 4) is 0 Å². The number of aliphatic hydroxyl groups is 3. The maximum atomic E-state index is 10.3. The largest absolute Gasteiger partial charge is 0.394 e. The van der Waals surface area contributed by atoms with Crippen molar-refractivity contribution in [3.63, 3.8) is 0 Å². The van der Waals surface area contributed by atoms with Gasteiger partial charge in [0.25, 0.3) is 0 Å². The number of nitrogens with one attached hydrogen (secondary N) is 1. The maximum Gasteiger partial charge on any atom is 0.246 e. The summed E-state index contributed by atoms with van der Waals surface area (Å²) in [6.45, 7) is -0.395. The third-order valence-corrected chi connectivity index (χ3v) is 5.69. The quantitative estimate of drug-likeness (QED) is 0.282. The van der Waals surface area contributed by atoms with E-state index in [0.29, 0.717) is 5.92 Å². The molecule has 0 aromatic carbocycles. The molecule has 1 saturated heterocycles. The molecule has 3 heterocycles. The average molecular weight is 393 g/mol. The van der Waals surface area contributed by atoms with Crippen molar-refractivity contribution in [1.82, 2.24) is 10.2 Å². The lowest BCUT2D eigenvalue weighted by Gasteiger charge is -2.35. The maximum absolute atomic E-state index is 10.3. The Morgan fingerprint density at radius 1 is 1.29 bits per heavy atom. The molecule has 2 fully saturated rings. The molecule has 6 atom stereocenters. The van der Waals surface area contributed by atoms with Crippen molar-refractivity contribution in [2.24, 2.45) is 31.8 Å². The average Bonchev–Trinajstić information content (AvgIpc) is 3.24. The topological polar surface area (TPSA) is 161 Å². The molecule has 0 aromatic heterocycles. The van der Waals surface area contributed by atoms with E-state index < -0.39 is 43.4 Å². The van der Waals surface area contributed by atoms with Gasteiger partial charge < -0.3 is 36.0 Å². The Labute approximate surface area is 162 Å². The second-order valence-corrected chi connectivity index (χ2v) is 7.60. The van der Waals surface area contributed by atoms with Gasteiger partial charge in [-0.25, -0.2) is 0 Å². The van der Waals surface area contributed by atoms with E-state index in [2.05, 4.69) is 25.5 Å². The van der Waals surface area contributed by atoms with E-state index in [1.165, 1.54) is 25.6 Å². The van der Waals surface area contributed by atoms with Crippen LogP contribution < -0.4 is 11.1 Å². The van der Waals surface area contributed by atoms with Crippen molar-refractivity contribution in [2.75, 3.05) is 6.61 Å². The SMILES string of the molecule is NC1=N/C(=N/N=C\C2CCCCC2)NC2C1N=CN2C1OC(CO)[C@@H](O)[C@H]1O. The summed E-state index contributed by atoms with van der Waals surface area (Å²) < 4.78 is 5.59. The van der Waals surface area contributed by atoms with Crippen LogP contribution >= 0.6 is 0 Å². The second kappa shape index (κ2) is 8.11. The van der Waals surface area contributed by atoms with Gasteiger partial charge in [-0.1, -0.05) is 19.3 Å². The van der Waals surface area contributed by atoms with E-state index in [9.17, 15) is 15.3 Å². The number of hydrogen-bond donors (Lipinski definition) is 5. The molecule has 3 aliphatic heterocycles. The van der Waals surface area contributed by atoms with Crippen LogP contribution in [0, 0.1) is 5.92 Å². The lowest BCUT2D eigenvalue weighted by atomic mass is 9.90. The van der Waals surface area contributed by atoms with Crippen molar-refractivity contribution in [3.05, 3.63) is 0 Å². The number of nitrogens with two attached hydrogens (primary N) is 1. The number of nitrogens with zero attached hydrogens (tertiary/aromatic N) is 5. The van der Waals surface area contributed by atoms with E-state index in [0.717, 1.165) is 12.8 Å². The minimum Gasteiger partial charge on any atom is -0.394 e. The predicted octanol–water partition coefficient (Wildman–Crippen LogP) is -1.65. The molecular weight excluding hydrogens is 366 g/mol. The molecule has 4 unspecified atom stereocenters. The number of aliphatic imine (C=N–C) groups is 2. The highest BCUT2D eigenvalue weighted by molar-refractivity contribution is 6.02. The van der Waals surface area contributed by atoms with Crippen LogP contribution in [0.5, 0.6) is 0 Å². The fourth-order valence-electron chi connectivity index (χ4n) is 4.08. The van der Waals surface area contributed by atoms with Crippen LogP contribution in [-0.2, 0) is 4.74 Å². The van der Waals surface area contributed by atoms with E-state index in [1.807, 2.05) is 6.21 Å². The molecule has 1 saturated carbocycles. The highest BCUT2D eigenvalue weighted by atomic mass is 16.6. The zero-order chi connectivity index (χ0) is 19.7. The van der Waals surface area contributed by atoms with Crippen LogP contribution in [0.3, 0.4) is 0 Å². The monoisotopic (exact) mass is 393 g/mol. The van der Waals surface area contributed by atoms with Crippen LogP contribution in [0.25, 0.3) is 0 Å². The molecule has 0 spiro atoms. The first-order valence-corrected chi connectivity index (χ1v) is 9.73. The highest BCUT2D eigenvalue weighted by Gasteiger charge is 2.50. The second-order valence-electron chi connectivity index (χ2n) is 7.60. The van der Waals surface area contributed by atoms with Crippen LogP contribution in [0.1, 0.15) is 32.1 Å². The van der Waals surface area contributed by atoms with Crippen molar-refractivity contribution in [2.45, 2.75) is 68.9 Å². The Morgan fingerprint density at radius 3 is 2.79 bits per heavy atom. The number of hydrogen-bond acceptors (Lipinski definition) is 9. The molecular formula is C17H27N7O4. The third-order valence-electron chi connectivity index (χ3n) is 5.69. The first-order chi connectivity index (χ1) is 13.6. The summed E-state index contributed by atoms with van der Waals surface area (Å²) in [5.74, 6) is 0.981. The first kappa shape index (κ1) is 19.2. The smallest absolute Gasteiger partial charge is 0.246 e. The summed E-state index contributed by atoms with van der Waals surface area (Å²) in [6, 6.07) is -0.470. The molecule has 1 aliphatic carbocycles. The van der Waals surface area contributed by atoms with E-state index in [-0.39, 0.29) is 11.8 Å². The minimum absolute atomic E-state index is 0.257. The summed E-state index contributed by atoms with van der Waals surface area (Å²) >= 11 is 0. The van der Waals surface area contributed by atoms with Gasteiger partial charge >= 0.3 is 0 Å². The predicted molar refractivity (Wildman–Crippen MR) is 103 cm³/mol. The van der Waals surface area contributed by atoms with Gasteiger partial charge in [0, 0.05) is 6.21 Å². The number of aliphatic hydroxyl groups excluding tert-OH is 3. The summed E-state index contributed by atoms with van der Waals surface area (Å²) in [5, 5.41) is 41.0. The highest BCUT2D eigenvalue weighted by Crippen LogP contribution is 2.28. The van der Waals surface area contributed by atoms with Gasteiger partial charge in [-0.2, -0.15) is 10.1 Å². The van der Waals surface area contributed by atoms with Gasteiger partial charge in [-0.15, -0.1) is 5.10 Å². The normalized spacial score (nSPS) is 40.2. The van der Waals surface area contributed by atoms with E-state index >= 15 is 0 Å². The Bertz CT molecular complexity index is 691. The fourth-order valence-corrected chi connectivity index (χ4v) is 4.08. The molecule has 0 amide bonds. The lowest BCUT2D eigenvalue weighted by Crippen LogP contribution is -2.61. The van der Waals surface area contributed by atoms with Crippen LogP contribution in [0.4, 0.5) is 0 Å². The first-order valence-electron chi connectivity index (χ1n) is 9.73. The molecule has 0 radical (unpaired) electrons. The van der Waals surface area contributed by atoms with E-state index in [1.54, 1.807) is 4.90 Å². The zero-order valence-corrected chi connectivity index (χ0v) is 15.5. The Morgan fingerprint density at radius 2 is 2.07 bits per heavy atom. The van der Waals surface area contributed by atoms with Gasteiger partial charge in [0.1, 0.15) is 36.4 Å². The van der Waals surface area contributed by atoms with E-state index in [4.69, 9.17) is 10.5 Å². The summed E-state index contributed by atoms with van der Waals surface area (Å²) in [7, 11) is 0. The molecule has 11 nitrogen and oxygen atoms in total. The Kier molecular flexibility index (Phi) is 5.58. The fraction of sp³-hybridized carbons (Fsp3) is 0.765. The van der Waals surface area contributed by atoms with Gasteiger partial charge in [0.05, 0.1) is 12.9 Å². The van der Waals surface area contributed by atoms with Gasteiger partial charge in [0.2, 0.25) is 5.96 Å². The number of guanidine groups is 1. The summed E-state index contributed by atoms with van der Waals surface area (Å²) in [4.78, 5) is 10.2. The summed E-state index contributed by atoms with van der Waals surface area (Å²) in [5.41, 5.74) is 6.05. The van der Waals surface area contributed by atoms with Gasteiger partial charge in [-0.3, -0.25) is 4.99 Å². The molecule has 154 valence electrons. The van der Waals surface area contributed by atoms with Crippen LogP contribution in [0.15, 0.2) is 20.2 Å². The number of amidine groups is 1. The Balaban J connectivity index is 1.46. The lowest BCUT2D eigenvalue weighted by molar-refractivity contribution is -0.0803. The Hall–Kier alpha value is -2.08. The standard InChI is InChI=1S/C17H27N7O4/c18-14-11-15(22-17(21-14)23-20-6-9-4-2-1-3-5-9)24(8-19-11)16-13(27)12(26)10(7-25)28-16/h6,8-13,15-16,25-27H,1-5,7H2,(H3,18,21,22,23)/b20-6-/t10?,11?,12-,13-,15?,16?/m1/s1. The molecule has 6 N–H and O–H groups in total. The molecule has 0 bridgehead atoms. The summed E-state index contributed by atoms with van der Waals surface area (Å²) in [6.07, 6.45) is 4.72. The number of fused-ring (bicyclic) bond motifs is 1. The minimum atomic E-state index is -1.20. The molecule has 28 heavy (non-hydrogen) atoms. The van der Waals surface area contributed by atoms with Gasteiger partial charge in [0.15, 0.2) is 6.23 Å². The third kappa shape index (κ3) is 3.62. The van der Waals surface area contributed by atoms with Gasteiger partial charge in [-0.05, 0) is 18.8 Å². The number of ether oxygens (including phenoxy) is 1. The molecule has 4 aliphatic rings. The zero-order valence-electron chi connectivity index (χ0n) is 15.5. The van der Waals surface area contributed by atoms with Crippen molar-refractivity contribution in [1.29, 1.82) is 0 Å². The number of rotatable bonds is 4. The van der Waals surface area contributed by atoms with Crippen LogP contribution in [0.2, 0.25) is 0 Å².